The van der Waals surface area contributed by atoms with Gasteiger partial charge in [0.2, 0.25) is 0 Å². The van der Waals surface area contributed by atoms with Crippen LogP contribution in [0.25, 0.3) is 33.1 Å². The van der Waals surface area contributed by atoms with Crippen LogP contribution in [-0.2, 0) is 0 Å². The van der Waals surface area contributed by atoms with Crippen molar-refractivity contribution in [3.8, 4) is 11.3 Å². The minimum Gasteiger partial charge on any atom is -0.250 e. The van der Waals surface area contributed by atoms with E-state index in [-0.39, 0.29) is 20.2 Å². The molecule has 0 saturated heterocycles. The summed E-state index contributed by atoms with van der Waals surface area (Å²) in [5.41, 5.74) is 1.72. The molecule has 0 N–H and O–H groups in total. The third-order valence-electron chi connectivity index (χ3n) is 3.60. The summed E-state index contributed by atoms with van der Waals surface area (Å²) in [5.74, 6) is 0. The van der Waals surface area contributed by atoms with Gasteiger partial charge < -0.3 is 0 Å². The van der Waals surface area contributed by atoms with Crippen LogP contribution in [0.4, 0.5) is 0 Å². The smallest absolute Gasteiger partial charge is 0.148 e. The Hall–Kier alpha value is -1.72. The zero-order valence-electron chi connectivity index (χ0n) is 11.8. The Kier molecular flexibility index (Phi) is 3.93. The van der Waals surface area contributed by atoms with Crippen LogP contribution in [0.3, 0.4) is 0 Å². The van der Waals surface area contributed by atoms with E-state index in [4.69, 9.17) is 46.4 Å². The molecule has 24 heavy (non-hydrogen) atoms. The van der Waals surface area contributed by atoms with Crippen LogP contribution in [0.5, 0.6) is 0 Å². The number of fused-ring (bicyclic) bond motifs is 2. The SMILES string of the molecule is Clc1cnc2c(Cl)c(Cl)c(-c3nncc4ccccc34)c(Cl)c2n1. The first-order valence-electron chi connectivity index (χ1n) is 6.77. The minimum atomic E-state index is 0.206. The van der Waals surface area contributed by atoms with Crippen molar-refractivity contribution in [2.45, 2.75) is 0 Å². The molecular weight excluding hydrogens is 390 g/mol. The Bertz CT molecular complexity index is 1110. The standard InChI is InChI=1S/C16H6Cl4N4/c17-9-6-21-15-13(20)11(18)10(12(19)16(15)23-9)14-8-4-2-1-3-7(8)5-22-24-14/h1-6H. The van der Waals surface area contributed by atoms with Crippen LogP contribution in [0.15, 0.2) is 36.7 Å². The zero-order chi connectivity index (χ0) is 16.8. The second-order valence-corrected chi connectivity index (χ2v) is 6.51. The summed E-state index contributed by atoms with van der Waals surface area (Å²) in [6.45, 7) is 0. The van der Waals surface area contributed by atoms with E-state index in [2.05, 4.69) is 20.2 Å². The zero-order valence-corrected chi connectivity index (χ0v) is 14.8. The lowest BCUT2D eigenvalue weighted by atomic mass is 10.0. The summed E-state index contributed by atoms with van der Waals surface area (Å²) >= 11 is 25.3. The Morgan fingerprint density at radius 3 is 2.42 bits per heavy atom. The molecule has 2 heterocycles. The van der Waals surface area contributed by atoms with Crippen molar-refractivity contribution in [3.05, 3.63) is 56.9 Å². The van der Waals surface area contributed by atoms with Gasteiger partial charge in [-0.1, -0.05) is 70.7 Å². The molecule has 0 aliphatic heterocycles. The Labute approximate surface area is 156 Å². The molecule has 4 aromatic rings. The molecule has 0 saturated carbocycles. The molecule has 118 valence electrons. The van der Waals surface area contributed by atoms with Gasteiger partial charge in [0.25, 0.3) is 0 Å². The third-order valence-corrected chi connectivity index (χ3v) is 4.99. The second-order valence-electron chi connectivity index (χ2n) is 4.99. The quantitative estimate of drug-likeness (QED) is 0.379. The average molecular weight is 396 g/mol. The van der Waals surface area contributed by atoms with Gasteiger partial charge in [0.15, 0.2) is 0 Å². The predicted octanol–water partition coefficient (Wildman–Crippen LogP) is 5.85. The van der Waals surface area contributed by atoms with Crippen molar-refractivity contribution in [2.24, 2.45) is 0 Å². The molecule has 0 atom stereocenters. The van der Waals surface area contributed by atoms with Gasteiger partial charge in [0.05, 0.1) is 27.5 Å². The Morgan fingerprint density at radius 1 is 0.792 bits per heavy atom. The van der Waals surface area contributed by atoms with Gasteiger partial charge in [-0.05, 0) is 0 Å². The van der Waals surface area contributed by atoms with E-state index in [1.165, 1.54) is 6.20 Å². The summed E-state index contributed by atoms with van der Waals surface area (Å²) in [6, 6.07) is 7.65. The third kappa shape index (κ3) is 2.38. The maximum atomic E-state index is 6.55. The molecule has 0 spiro atoms. The van der Waals surface area contributed by atoms with E-state index in [1.54, 1.807) is 6.20 Å². The molecule has 0 radical (unpaired) electrons. The number of halogens is 4. The molecule has 8 heteroatoms. The summed E-state index contributed by atoms with van der Waals surface area (Å²) in [4.78, 5) is 8.39. The average Bonchev–Trinajstić information content (AvgIpc) is 2.60. The molecular formula is C16H6Cl4N4. The summed E-state index contributed by atoms with van der Waals surface area (Å²) in [6.07, 6.45) is 3.06. The van der Waals surface area contributed by atoms with E-state index < -0.39 is 0 Å². The van der Waals surface area contributed by atoms with Gasteiger partial charge in [0, 0.05) is 16.3 Å². The molecule has 0 aliphatic rings. The molecule has 2 aromatic heterocycles. The van der Waals surface area contributed by atoms with Crippen molar-refractivity contribution in [1.29, 1.82) is 0 Å². The van der Waals surface area contributed by atoms with Crippen molar-refractivity contribution in [2.75, 3.05) is 0 Å². The Balaban J connectivity index is 2.17. The van der Waals surface area contributed by atoms with Crippen LogP contribution >= 0.6 is 46.4 Å². The molecule has 0 aliphatic carbocycles. The van der Waals surface area contributed by atoms with Crippen molar-refractivity contribution in [1.82, 2.24) is 20.2 Å². The highest BCUT2D eigenvalue weighted by Crippen LogP contribution is 2.45. The number of aromatic nitrogens is 4. The van der Waals surface area contributed by atoms with Gasteiger partial charge in [-0.2, -0.15) is 5.10 Å². The monoisotopic (exact) mass is 394 g/mol. The lowest BCUT2D eigenvalue weighted by molar-refractivity contribution is 1.06. The van der Waals surface area contributed by atoms with E-state index in [9.17, 15) is 0 Å². The summed E-state index contributed by atoms with van der Waals surface area (Å²) in [7, 11) is 0. The lowest BCUT2D eigenvalue weighted by Gasteiger charge is -2.12. The molecule has 4 rings (SSSR count). The van der Waals surface area contributed by atoms with Crippen LogP contribution in [0, 0.1) is 0 Å². The maximum Gasteiger partial charge on any atom is 0.148 e. The first-order chi connectivity index (χ1) is 11.6. The van der Waals surface area contributed by atoms with Crippen LogP contribution in [0.1, 0.15) is 0 Å². The van der Waals surface area contributed by atoms with Crippen molar-refractivity contribution >= 4 is 68.2 Å². The van der Waals surface area contributed by atoms with E-state index >= 15 is 0 Å². The van der Waals surface area contributed by atoms with Gasteiger partial charge in [-0.25, -0.2) is 9.97 Å². The largest absolute Gasteiger partial charge is 0.250 e. The van der Waals surface area contributed by atoms with Crippen molar-refractivity contribution < 1.29 is 0 Å². The van der Waals surface area contributed by atoms with Gasteiger partial charge >= 0.3 is 0 Å². The number of hydrogen-bond acceptors (Lipinski definition) is 4. The highest BCUT2D eigenvalue weighted by molar-refractivity contribution is 6.50. The van der Waals surface area contributed by atoms with Crippen LogP contribution in [-0.4, -0.2) is 20.2 Å². The lowest BCUT2D eigenvalue weighted by Crippen LogP contribution is -1.95. The molecule has 0 bridgehead atoms. The van der Waals surface area contributed by atoms with Gasteiger partial charge in [-0.15, -0.1) is 5.10 Å². The molecule has 0 fully saturated rings. The topological polar surface area (TPSA) is 51.6 Å². The highest BCUT2D eigenvalue weighted by atomic mass is 35.5. The number of hydrogen-bond donors (Lipinski definition) is 0. The van der Waals surface area contributed by atoms with Gasteiger partial charge in [-0.3, -0.25) is 0 Å². The van der Waals surface area contributed by atoms with E-state index in [0.29, 0.717) is 22.3 Å². The van der Waals surface area contributed by atoms with E-state index in [1.807, 2.05) is 24.3 Å². The fourth-order valence-electron chi connectivity index (χ4n) is 2.53. The van der Waals surface area contributed by atoms with Crippen LogP contribution < -0.4 is 0 Å². The number of rotatable bonds is 1. The second kappa shape index (κ2) is 5.97. The first-order valence-corrected chi connectivity index (χ1v) is 8.28. The Morgan fingerprint density at radius 2 is 1.58 bits per heavy atom. The first kappa shape index (κ1) is 15.8. The fraction of sp³-hybridized carbons (Fsp3) is 0. The van der Waals surface area contributed by atoms with Crippen LogP contribution in [0.2, 0.25) is 20.2 Å². The molecule has 0 amide bonds. The minimum absolute atomic E-state index is 0.206. The normalized spacial score (nSPS) is 11.3. The van der Waals surface area contributed by atoms with Gasteiger partial charge in [0.1, 0.15) is 21.9 Å². The molecule has 2 aromatic carbocycles. The fourth-order valence-corrected chi connectivity index (χ4v) is 3.53. The molecule has 4 nitrogen and oxygen atoms in total. The number of benzene rings is 2. The van der Waals surface area contributed by atoms with E-state index in [0.717, 1.165) is 10.8 Å². The summed E-state index contributed by atoms with van der Waals surface area (Å²) in [5, 5.41) is 11.0. The predicted molar refractivity (Wildman–Crippen MR) is 98.1 cm³/mol. The van der Waals surface area contributed by atoms with Crippen molar-refractivity contribution in [3.63, 3.8) is 0 Å². The maximum absolute atomic E-state index is 6.55. The summed E-state index contributed by atoms with van der Waals surface area (Å²) < 4.78 is 0. The highest BCUT2D eigenvalue weighted by Gasteiger charge is 2.22. The number of nitrogens with zero attached hydrogens (tertiary/aromatic N) is 4. The molecule has 0 unspecified atom stereocenters.